The normalized spacial score (nSPS) is 13.2. The van der Waals surface area contributed by atoms with Gasteiger partial charge in [-0.3, -0.25) is 4.79 Å². The van der Waals surface area contributed by atoms with Gasteiger partial charge in [-0.05, 0) is 66.4 Å². The third kappa shape index (κ3) is 5.51. The number of aromatic nitrogens is 1. The molecule has 1 saturated heterocycles. The Hall–Kier alpha value is -5.24. The second kappa shape index (κ2) is 11.9. The minimum atomic E-state index is -0.161. The van der Waals surface area contributed by atoms with E-state index in [2.05, 4.69) is 9.88 Å². The van der Waals surface area contributed by atoms with Crippen molar-refractivity contribution in [1.29, 1.82) is 0 Å². The molecule has 0 unspecified atom stereocenters. The summed E-state index contributed by atoms with van der Waals surface area (Å²) in [6.45, 7) is 3.76. The predicted molar refractivity (Wildman–Crippen MR) is 169 cm³/mol. The summed E-state index contributed by atoms with van der Waals surface area (Å²) in [5.74, 6) is 1.44. The Balaban J connectivity index is 1.23. The van der Waals surface area contributed by atoms with Crippen LogP contribution in [-0.4, -0.2) is 66.7 Å². The van der Waals surface area contributed by atoms with E-state index in [4.69, 9.17) is 9.47 Å². The maximum absolute atomic E-state index is 13.9. The van der Waals surface area contributed by atoms with Crippen LogP contribution in [0.4, 0.5) is 10.5 Å². The number of piperazine rings is 1. The molecule has 6 rings (SSSR count). The fourth-order valence-corrected chi connectivity index (χ4v) is 5.69. The van der Waals surface area contributed by atoms with Crippen molar-refractivity contribution in [3.05, 3.63) is 108 Å². The molecule has 8 heteroatoms. The van der Waals surface area contributed by atoms with Crippen LogP contribution < -0.4 is 14.8 Å². The van der Waals surface area contributed by atoms with Crippen molar-refractivity contribution in [3.8, 4) is 28.4 Å². The summed E-state index contributed by atoms with van der Waals surface area (Å²) in [5, 5.41) is 5.13. The van der Waals surface area contributed by atoms with E-state index in [1.54, 1.807) is 19.1 Å². The highest BCUT2D eigenvalue weighted by Gasteiger charge is 2.28. The molecule has 3 amide bonds. The van der Waals surface area contributed by atoms with Crippen LogP contribution in [0.15, 0.2) is 97.1 Å². The summed E-state index contributed by atoms with van der Waals surface area (Å²) in [5.41, 5.74) is 4.99. The van der Waals surface area contributed by atoms with E-state index < -0.39 is 0 Å². The zero-order valence-corrected chi connectivity index (χ0v) is 24.5. The predicted octanol–water partition coefficient (Wildman–Crippen LogP) is 6.61. The monoisotopic (exact) mass is 574 g/mol. The summed E-state index contributed by atoms with van der Waals surface area (Å²) in [7, 11) is 3.28. The summed E-state index contributed by atoms with van der Waals surface area (Å²) in [4.78, 5) is 30.7. The van der Waals surface area contributed by atoms with Gasteiger partial charge in [-0.2, -0.15) is 0 Å². The molecule has 8 nitrogen and oxygen atoms in total. The number of urea groups is 1. The van der Waals surface area contributed by atoms with Crippen LogP contribution in [-0.2, 0) is 0 Å². The largest absolute Gasteiger partial charge is 0.497 e. The molecule has 0 saturated carbocycles. The molecule has 0 aliphatic carbocycles. The van der Waals surface area contributed by atoms with Crippen LogP contribution in [0.5, 0.6) is 11.5 Å². The molecule has 1 fully saturated rings. The number of nitrogens with one attached hydrogen (secondary N) is 1. The molecule has 0 spiro atoms. The van der Waals surface area contributed by atoms with Gasteiger partial charge in [-0.1, -0.05) is 42.5 Å². The van der Waals surface area contributed by atoms with Gasteiger partial charge in [0.15, 0.2) is 0 Å². The van der Waals surface area contributed by atoms with Crippen molar-refractivity contribution in [2.45, 2.75) is 6.92 Å². The lowest BCUT2D eigenvalue weighted by Gasteiger charge is -2.34. The third-order valence-electron chi connectivity index (χ3n) is 8.06. The molecule has 0 atom stereocenters. The first-order chi connectivity index (χ1) is 21.0. The standard InChI is InChI=1S/C35H34N4O4/c1-24-31(23-33(26-14-16-28(42-2)17-15-26)39(24)27-10-7-11-29(22-27)43-3)34(40)37-18-20-38(21-19-37)35(41)36-32-13-6-9-25-8-4-5-12-30(25)32/h4-17,22-23H,18-21H2,1-3H3,(H,36,41). The third-order valence-corrected chi connectivity index (χ3v) is 8.06. The van der Waals surface area contributed by atoms with Crippen LogP contribution in [0.25, 0.3) is 27.7 Å². The first-order valence-corrected chi connectivity index (χ1v) is 14.3. The van der Waals surface area contributed by atoms with E-state index in [9.17, 15) is 9.59 Å². The zero-order chi connectivity index (χ0) is 29.9. The fourth-order valence-electron chi connectivity index (χ4n) is 5.69. The maximum Gasteiger partial charge on any atom is 0.321 e. The molecule has 5 aromatic rings. The van der Waals surface area contributed by atoms with Crippen molar-refractivity contribution < 1.29 is 19.1 Å². The number of rotatable bonds is 6. The quantitative estimate of drug-likeness (QED) is 0.248. The van der Waals surface area contributed by atoms with Crippen molar-refractivity contribution in [1.82, 2.24) is 14.4 Å². The van der Waals surface area contributed by atoms with Gasteiger partial charge in [-0.15, -0.1) is 0 Å². The highest BCUT2D eigenvalue weighted by Crippen LogP contribution is 2.33. The van der Waals surface area contributed by atoms with Crippen molar-refractivity contribution in [2.75, 3.05) is 45.7 Å². The topological polar surface area (TPSA) is 76.0 Å². The second-order valence-electron chi connectivity index (χ2n) is 10.5. The molecule has 0 bridgehead atoms. The summed E-state index contributed by atoms with van der Waals surface area (Å²) in [6, 6.07) is 31.3. The van der Waals surface area contributed by atoms with Gasteiger partial charge in [0.1, 0.15) is 11.5 Å². The lowest BCUT2D eigenvalue weighted by molar-refractivity contribution is 0.0671. The summed E-state index contributed by atoms with van der Waals surface area (Å²) in [6.07, 6.45) is 0. The van der Waals surface area contributed by atoms with E-state index in [1.165, 1.54) is 0 Å². The lowest BCUT2D eigenvalue weighted by atomic mass is 10.1. The Morgan fingerprint density at radius 3 is 2.14 bits per heavy atom. The number of ether oxygens (including phenoxy) is 2. The van der Waals surface area contributed by atoms with Crippen LogP contribution in [0.2, 0.25) is 0 Å². The summed E-state index contributed by atoms with van der Waals surface area (Å²) < 4.78 is 12.9. The van der Waals surface area contributed by atoms with Crippen LogP contribution in [0.1, 0.15) is 16.1 Å². The molecular formula is C35H34N4O4. The zero-order valence-electron chi connectivity index (χ0n) is 24.5. The van der Waals surface area contributed by atoms with Crippen LogP contribution in [0, 0.1) is 6.92 Å². The van der Waals surface area contributed by atoms with Crippen LogP contribution in [0.3, 0.4) is 0 Å². The van der Waals surface area contributed by atoms with Gasteiger partial charge < -0.3 is 29.2 Å². The Morgan fingerprint density at radius 1 is 0.721 bits per heavy atom. The number of hydrogen-bond donors (Lipinski definition) is 1. The van der Waals surface area contributed by atoms with E-state index in [0.29, 0.717) is 31.7 Å². The van der Waals surface area contributed by atoms with Gasteiger partial charge in [0, 0.05) is 49.0 Å². The highest BCUT2D eigenvalue weighted by molar-refractivity contribution is 6.02. The first-order valence-electron chi connectivity index (χ1n) is 14.3. The number of benzene rings is 4. The summed E-state index contributed by atoms with van der Waals surface area (Å²) >= 11 is 0. The van der Waals surface area contributed by atoms with E-state index in [-0.39, 0.29) is 11.9 Å². The van der Waals surface area contributed by atoms with Crippen molar-refractivity contribution in [3.63, 3.8) is 0 Å². The van der Waals surface area contributed by atoms with Crippen molar-refractivity contribution >= 4 is 28.4 Å². The second-order valence-corrected chi connectivity index (χ2v) is 10.5. The molecule has 218 valence electrons. The Morgan fingerprint density at radius 2 is 1.40 bits per heavy atom. The van der Waals surface area contributed by atoms with E-state index in [0.717, 1.165) is 50.6 Å². The molecule has 1 N–H and O–H groups in total. The fraction of sp³-hybridized carbons (Fsp3) is 0.200. The molecule has 1 aliphatic heterocycles. The molecule has 1 aromatic heterocycles. The molecular weight excluding hydrogens is 540 g/mol. The number of amides is 3. The number of hydrogen-bond acceptors (Lipinski definition) is 4. The Bertz CT molecular complexity index is 1780. The molecule has 1 aliphatic rings. The number of carbonyl (C=O) groups is 2. The maximum atomic E-state index is 13.9. The molecule has 4 aromatic carbocycles. The molecule has 43 heavy (non-hydrogen) atoms. The number of methoxy groups -OCH3 is 2. The number of fused-ring (bicyclic) bond motifs is 1. The van der Waals surface area contributed by atoms with Gasteiger partial charge in [0.05, 0.1) is 31.2 Å². The van der Waals surface area contributed by atoms with Gasteiger partial charge in [0.25, 0.3) is 5.91 Å². The Labute approximate surface area is 251 Å². The van der Waals surface area contributed by atoms with Crippen molar-refractivity contribution in [2.24, 2.45) is 0 Å². The van der Waals surface area contributed by atoms with E-state index in [1.807, 2.05) is 109 Å². The molecule has 0 radical (unpaired) electrons. The average molecular weight is 575 g/mol. The molecule has 2 heterocycles. The average Bonchev–Trinajstić information content (AvgIpc) is 3.41. The van der Waals surface area contributed by atoms with E-state index >= 15 is 0 Å². The minimum Gasteiger partial charge on any atom is -0.497 e. The first kappa shape index (κ1) is 27.9. The van der Waals surface area contributed by atoms with Gasteiger partial charge in [0.2, 0.25) is 0 Å². The number of nitrogens with zero attached hydrogens (tertiary/aromatic N) is 3. The number of anilines is 1. The van der Waals surface area contributed by atoms with Gasteiger partial charge >= 0.3 is 6.03 Å². The Kier molecular flexibility index (Phi) is 7.75. The number of carbonyl (C=O) groups excluding carboxylic acids is 2. The smallest absolute Gasteiger partial charge is 0.321 e. The SMILES string of the molecule is COc1ccc(-c2cc(C(=O)N3CCN(C(=O)Nc4cccc5ccccc45)CC3)c(C)n2-c2cccc(OC)c2)cc1. The van der Waals surface area contributed by atoms with Crippen LogP contribution >= 0.6 is 0 Å². The lowest BCUT2D eigenvalue weighted by Crippen LogP contribution is -2.51. The van der Waals surface area contributed by atoms with Gasteiger partial charge in [-0.25, -0.2) is 4.79 Å². The highest BCUT2D eigenvalue weighted by atomic mass is 16.5. The minimum absolute atomic E-state index is 0.0528.